The number of nitrogens with two attached hydrogens (primary N) is 1. The van der Waals surface area contributed by atoms with Crippen LogP contribution < -0.4 is 11.1 Å². The quantitative estimate of drug-likeness (QED) is 0.893. The van der Waals surface area contributed by atoms with Gasteiger partial charge in [-0.1, -0.05) is 26.8 Å². The number of aromatic nitrogens is 2. The van der Waals surface area contributed by atoms with Crippen LogP contribution in [0.15, 0.2) is 35.1 Å². The maximum Gasteiger partial charge on any atom is 0.247 e. The van der Waals surface area contributed by atoms with Crippen LogP contribution in [0.25, 0.3) is 11.5 Å². The molecule has 1 atom stereocenters. The van der Waals surface area contributed by atoms with E-state index in [1.165, 1.54) is 6.39 Å². The van der Waals surface area contributed by atoms with Gasteiger partial charge in [-0.15, -0.1) is 10.2 Å². The van der Waals surface area contributed by atoms with E-state index in [1.807, 2.05) is 26.8 Å². The molecule has 0 aliphatic carbocycles. The van der Waals surface area contributed by atoms with Crippen LogP contribution in [0.1, 0.15) is 20.8 Å². The molecule has 0 bridgehead atoms. The van der Waals surface area contributed by atoms with Crippen molar-refractivity contribution in [1.29, 1.82) is 0 Å². The fraction of sp³-hybridized carbons (Fsp3) is 0.357. The van der Waals surface area contributed by atoms with Crippen LogP contribution in [0.4, 0.5) is 5.69 Å². The molecule has 1 aromatic carbocycles. The van der Waals surface area contributed by atoms with Gasteiger partial charge in [-0.3, -0.25) is 4.79 Å². The Bertz CT molecular complexity index is 587. The molecule has 3 N–H and O–H groups in total. The Hall–Kier alpha value is -2.21. The molecule has 0 aliphatic heterocycles. The minimum absolute atomic E-state index is 0.222. The number of carbonyl (C=O) groups is 1. The van der Waals surface area contributed by atoms with Crippen molar-refractivity contribution in [2.45, 2.75) is 26.8 Å². The Morgan fingerprint density at radius 3 is 2.75 bits per heavy atom. The number of carbonyl (C=O) groups excluding carboxylic acids is 1. The first-order valence-corrected chi connectivity index (χ1v) is 6.31. The molecular weight excluding hydrogens is 256 g/mol. The maximum absolute atomic E-state index is 12.1. The molecule has 0 saturated heterocycles. The lowest BCUT2D eigenvalue weighted by molar-refractivity contribution is -0.119. The number of nitrogens with one attached hydrogen (secondary N) is 1. The number of nitrogens with zero attached hydrogens (tertiary/aromatic N) is 2. The van der Waals surface area contributed by atoms with E-state index < -0.39 is 6.04 Å². The van der Waals surface area contributed by atoms with Crippen molar-refractivity contribution < 1.29 is 9.21 Å². The summed E-state index contributed by atoms with van der Waals surface area (Å²) in [6.07, 6.45) is 1.26. The molecule has 1 aromatic heterocycles. The molecule has 106 valence electrons. The lowest BCUT2D eigenvalue weighted by atomic mass is 9.87. The predicted molar refractivity (Wildman–Crippen MR) is 75.8 cm³/mol. The molecule has 0 spiro atoms. The highest BCUT2D eigenvalue weighted by molar-refractivity contribution is 5.95. The molecule has 2 aromatic rings. The zero-order chi connectivity index (χ0) is 14.8. The van der Waals surface area contributed by atoms with E-state index in [0.29, 0.717) is 11.6 Å². The number of amides is 1. The second kappa shape index (κ2) is 5.42. The summed E-state index contributed by atoms with van der Waals surface area (Å²) in [5.41, 5.74) is 7.01. The van der Waals surface area contributed by atoms with E-state index in [9.17, 15) is 4.79 Å². The lowest BCUT2D eigenvalue weighted by Crippen LogP contribution is -2.45. The Balaban J connectivity index is 2.15. The highest BCUT2D eigenvalue weighted by Crippen LogP contribution is 2.22. The molecule has 6 nitrogen and oxygen atoms in total. The van der Waals surface area contributed by atoms with Crippen LogP contribution in [0.2, 0.25) is 0 Å². The second-order valence-corrected chi connectivity index (χ2v) is 5.66. The Morgan fingerprint density at radius 2 is 2.15 bits per heavy atom. The van der Waals surface area contributed by atoms with Crippen LogP contribution in [-0.4, -0.2) is 22.1 Å². The highest BCUT2D eigenvalue weighted by Gasteiger charge is 2.27. The van der Waals surface area contributed by atoms with Gasteiger partial charge in [0, 0.05) is 11.3 Å². The minimum atomic E-state index is -0.588. The van der Waals surface area contributed by atoms with Crippen LogP contribution in [0, 0.1) is 5.41 Å². The molecule has 0 unspecified atom stereocenters. The summed E-state index contributed by atoms with van der Waals surface area (Å²) in [7, 11) is 0. The molecular formula is C14H18N4O2. The van der Waals surface area contributed by atoms with Gasteiger partial charge in [0.05, 0.1) is 6.04 Å². The third kappa shape index (κ3) is 3.21. The van der Waals surface area contributed by atoms with E-state index in [4.69, 9.17) is 10.2 Å². The van der Waals surface area contributed by atoms with Crippen LogP contribution in [-0.2, 0) is 4.79 Å². The van der Waals surface area contributed by atoms with E-state index in [-0.39, 0.29) is 11.3 Å². The highest BCUT2D eigenvalue weighted by atomic mass is 16.4. The van der Waals surface area contributed by atoms with Gasteiger partial charge in [0.25, 0.3) is 0 Å². The average Bonchev–Trinajstić information content (AvgIpc) is 2.91. The van der Waals surface area contributed by atoms with Crippen LogP contribution in [0.3, 0.4) is 0 Å². The van der Waals surface area contributed by atoms with Gasteiger partial charge in [0.2, 0.25) is 18.2 Å². The first kappa shape index (κ1) is 14.2. The van der Waals surface area contributed by atoms with Gasteiger partial charge in [0.1, 0.15) is 0 Å². The SMILES string of the molecule is CC(C)(C)[C@H](N)C(=O)Nc1cccc(-c2nnco2)c1. The summed E-state index contributed by atoms with van der Waals surface area (Å²) in [6, 6.07) is 6.59. The number of hydrogen-bond donors (Lipinski definition) is 2. The van der Waals surface area contributed by atoms with Gasteiger partial charge in [-0.2, -0.15) is 0 Å². The fourth-order valence-corrected chi connectivity index (χ4v) is 1.64. The summed E-state index contributed by atoms with van der Waals surface area (Å²) >= 11 is 0. The standard InChI is InChI=1S/C14H18N4O2/c1-14(2,3)11(15)12(19)17-10-6-4-5-9(7-10)13-18-16-8-20-13/h4-8,11H,15H2,1-3H3,(H,17,19)/t11-/m1/s1. The topological polar surface area (TPSA) is 94.0 Å². The van der Waals surface area contributed by atoms with Gasteiger partial charge in [0.15, 0.2) is 0 Å². The molecule has 2 rings (SSSR count). The van der Waals surface area contributed by atoms with Crippen molar-refractivity contribution in [3.63, 3.8) is 0 Å². The normalized spacial score (nSPS) is 13.0. The smallest absolute Gasteiger partial charge is 0.247 e. The first-order chi connectivity index (χ1) is 9.38. The minimum Gasteiger partial charge on any atom is -0.423 e. The van der Waals surface area contributed by atoms with Crippen molar-refractivity contribution in [3.8, 4) is 11.5 Å². The summed E-state index contributed by atoms with van der Waals surface area (Å²) in [6.45, 7) is 5.77. The van der Waals surface area contributed by atoms with E-state index >= 15 is 0 Å². The van der Waals surface area contributed by atoms with Crippen molar-refractivity contribution in [1.82, 2.24) is 10.2 Å². The van der Waals surface area contributed by atoms with E-state index in [0.717, 1.165) is 5.56 Å². The van der Waals surface area contributed by atoms with Crippen molar-refractivity contribution in [3.05, 3.63) is 30.7 Å². The average molecular weight is 274 g/mol. The van der Waals surface area contributed by atoms with Gasteiger partial charge < -0.3 is 15.5 Å². The van der Waals surface area contributed by atoms with Gasteiger partial charge in [-0.05, 0) is 23.6 Å². The summed E-state index contributed by atoms with van der Waals surface area (Å²) < 4.78 is 5.12. The molecule has 1 heterocycles. The number of rotatable bonds is 3. The fourth-order valence-electron chi connectivity index (χ4n) is 1.64. The maximum atomic E-state index is 12.1. The summed E-state index contributed by atoms with van der Waals surface area (Å²) in [4.78, 5) is 12.1. The molecule has 0 saturated carbocycles. The molecule has 1 amide bonds. The zero-order valence-corrected chi connectivity index (χ0v) is 11.8. The Labute approximate surface area is 117 Å². The Morgan fingerprint density at radius 1 is 1.40 bits per heavy atom. The summed E-state index contributed by atoms with van der Waals surface area (Å²) in [5.74, 6) is 0.182. The van der Waals surface area contributed by atoms with Crippen molar-refractivity contribution in [2.75, 3.05) is 5.32 Å². The molecule has 20 heavy (non-hydrogen) atoms. The second-order valence-electron chi connectivity index (χ2n) is 5.66. The van der Waals surface area contributed by atoms with Crippen molar-refractivity contribution in [2.24, 2.45) is 11.1 Å². The lowest BCUT2D eigenvalue weighted by Gasteiger charge is -2.25. The number of benzene rings is 1. The third-order valence-corrected chi connectivity index (χ3v) is 2.95. The van der Waals surface area contributed by atoms with Gasteiger partial charge >= 0.3 is 0 Å². The summed E-state index contributed by atoms with van der Waals surface area (Å²) in [5, 5.41) is 10.2. The third-order valence-electron chi connectivity index (χ3n) is 2.95. The first-order valence-electron chi connectivity index (χ1n) is 6.31. The molecule has 0 aliphatic rings. The monoisotopic (exact) mass is 274 g/mol. The molecule has 0 fully saturated rings. The van der Waals surface area contributed by atoms with Crippen LogP contribution in [0.5, 0.6) is 0 Å². The number of hydrogen-bond acceptors (Lipinski definition) is 5. The molecule has 0 radical (unpaired) electrons. The van der Waals surface area contributed by atoms with Crippen molar-refractivity contribution >= 4 is 11.6 Å². The number of anilines is 1. The zero-order valence-electron chi connectivity index (χ0n) is 11.8. The molecule has 6 heteroatoms. The Kier molecular flexibility index (Phi) is 3.85. The van der Waals surface area contributed by atoms with E-state index in [1.54, 1.807) is 18.2 Å². The van der Waals surface area contributed by atoms with Gasteiger partial charge in [-0.25, -0.2) is 0 Å². The largest absolute Gasteiger partial charge is 0.423 e. The van der Waals surface area contributed by atoms with Crippen LogP contribution >= 0.6 is 0 Å². The van der Waals surface area contributed by atoms with E-state index in [2.05, 4.69) is 15.5 Å². The predicted octanol–water partition coefficient (Wildman–Crippen LogP) is 2.05.